The molecule has 5 heterocycles. The Labute approximate surface area is 170 Å². The molecule has 0 aliphatic carbocycles. The van der Waals surface area contributed by atoms with Crippen molar-refractivity contribution in [1.82, 2.24) is 15.2 Å². The summed E-state index contributed by atoms with van der Waals surface area (Å²) in [7, 11) is 0. The summed E-state index contributed by atoms with van der Waals surface area (Å²) in [5, 5.41) is 8.48. The van der Waals surface area contributed by atoms with E-state index in [0.29, 0.717) is 35.8 Å². The molecule has 0 radical (unpaired) electrons. The Morgan fingerprint density at radius 1 is 1.28 bits per heavy atom. The van der Waals surface area contributed by atoms with Gasteiger partial charge in [-0.2, -0.15) is 16.9 Å². The van der Waals surface area contributed by atoms with Crippen molar-refractivity contribution in [3.05, 3.63) is 48.3 Å². The highest BCUT2D eigenvalue weighted by molar-refractivity contribution is 7.99. The number of amides is 4. The van der Waals surface area contributed by atoms with Gasteiger partial charge in [-0.1, -0.05) is 0 Å². The van der Waals surface area contributed by atoms with Crippen LogP contribution in [0.15, 0.2) is 50.7 Å². The Morgan fingerprint density at radius 3 is 2.79 bits per heavy atom. The van der Waals surface area contributed by atoms with Crippen LogP contribution in [0, 0.1) is 0 Å². The number of imide groups is 1. The van der Waals surface area contributed by atoms with Gasteiger partial charge >= 0.3 is 6.03 Å². The van der Waals surface area contributed by atoms with Crippen molar-refractivity contribution in [3.8, 4) is 0 Å². The van der Waals surface area contributed by atoms with Crippen LogP contribution in [0.5, 0.6) is 0 Å². The molecule has 1 N–H and O–H groups in total. The van der Waals surface area contributed by atoms with Gasteiger partial charge in [-0.05, 0) is 36.4 Å². The van der Waals surface area contributed by atoms with Gasteiger partial charge in [0.1, 0.15) is 35.4 Å². The number of nitrogens with zero attached hydrogens (tertiary/aromatic N) is 3. The quantitative estimate of drug-likeness (QED) is 0.767. The Bertz CT molecular complexity index is 978. The largest absolute Gasteiger partial charge is 0.467 e. The Kier molecular flexibility index (Phi) is 4.23. The minimum Gasteiger partial charge on any atom is -0.467 e. The summed E-state index contributed by atoms with van der Waals surface area (Å²) < 4.78 is 10.9. The molecule has 4 amide bonds. The minimum atomic E-state index is -0.879. The van der Waals surface area contributed by atoms with E-state index < -0.39 is 23.5 Å². The second kappa shape index (κ2) is 6.80. The van der Waals surface area contributed by atoms with E-state index in [9.17, 15) is 14.4 Å². The van der Waals surface area contributed by atoms with Crippen LogP contribution in [-0.2, 0) is 9.59 Å². The first kappa shape index (κ1) is 18.0. The van der Waals surface area contributed by atoms with Crippen LogP contribution in [0.1, 0.15) is 30.4 Å². The highest BCUT2D eigenvalue weighted by atomic mass is 32.2. The van der Waals surface area contributed by atoms with Crippen LogP contribution in [0.4, 0.5) is 4.79 Å². The van der Waals surface area contributed by atoms with Crippen molar-refractivity contribution in [3.63, 3.8) is 0 Å². The van der Waals surface area contributed by atoms with Crippen LogP contribution in [0.2, 0.25) is 0 Å². The maximum Gasteiger partial charge on any atom is 0.325 e. The monoisotopic (exact) mass is 414 g/mol. The van der Waals surface area contributed by atoms with E-state index in [1.165, 1.54) is 17.5 Å². The van der Waals surface area contributed by atoms with Gasteiger partial charge in [0.15, 0.2) is 0 Å². The summed E-state index contributed by atoms with van der Waals surface area (Å²) in [6.07, 6.45) is 4.05. The third kappa shape index (κ3) is 2.94. The first-order valence-electron chi connectivity index (χ1n) is 9.26. The van der Waals surface area contributed by atoms with Gasteiger partial charge in [-0.3, -0.25) is 14.5 Å². The number of hydrazone groups is 1. The van der Waals surface area contributed by atoms with Crippen LogP contribution in [-0.4, -0.2) is 57.1 Å². The van der Waals surface area contributed by atoms with Crippen LogP contribution >= 0.6 is 11.8 Å². The predicted molar refractivity (Wildman–Crippen MR) is 103 cm³/mol. The van der Waals surface area contributed by atoms with Gasteiger partial charge in [0, 0.05) is 12.2 Å². The molecule has 3 aliphatic rings. The summed E-state index contributed by atoms with van der Waals surface area (Å²) in [4.78, 5) is 39.3. The smallest absolute Gasteiger partial charge is 0.325 e. The van der Waals surface area contributed by atoms with Gasteiger partial charge in [0.2, 0.25) is 0 Å². The molecule has 0 saturated carbocycles. The number of urea groups is 1. The lowest BCUT2D eigenvalue weighted by molar-refractivity contribution is -0.139. The average molecular weight is 414 g/mol. The van der Waals surface area contributed by atoms with E-state index in [1.807, 2.05) is 0 Å². The topological polar surface area (TPSA) is 108 Å². The molecule has 2 atom stereocenters. The summed E-state index contributed by atoms with van der Waals surface area (Å²) in [6.45, 7) is -0.372. The van der Waals surface area contributed by atoms with Gasteiger partial charge < -0.3 is 14.2 Å². The van der Waals surface area contributed by atoms with Crippen molar-refractivity contribution in [2.75, 3.05) is 18.1 Å². The molecule has 0 bridgehead atoms. The fraction of sp³-hybridized carbons (Fsp3) is 0.368. The molecule has 150 valence electrons. The zero-order valence-corrected chi connectivity index (χ0v) is 16.2. The number of rotatable bonds is 4. The molecule has 0 aromatic carbocycles. The number of nitrogens with one attached hydrogen (secondary N) is 1. The van der Waals surface area contributed by atoms with Crippen LogP contribution < -0.4 is 5.32 Å². The molecule has 2 saturated heterocycles. The normalized spacial score (nSPS) is 26.5. The molecule has 5 rings (SSSR count). The average Bonchev–Trinajstić information content (AvgIpc) is 3.50. The van der Waals surface area contributed by atoms with E-state index >= 15 is 0 Å². The third-order valence-corrected chi connectivity index (χ3v) is 6.59. The lowest BCUT2D eigenvalue weighted by Crippen LogP contribution is -2.47. The maximum atomic E-state index is 13.1. The predicted octanol–water partition coefficient (Wildman–Crippen LogP) is 1.98. The number of carbonyl (C=O) groups is 3. The Hall–Kier alpha value is -3.01. The van der Waals surface area contributed by atoms with Crippen molar-refractivity contribution < 1.29 is 23.2 Å². The highest BCUT2D eigenvalue weighted by Crippen LogP contribution is 2.35. The summed E-state index contributed by atoms with van der Waals surface area (Å²) >= 11 is 1.62. The molecule has 2 fully saturated rings. The molecule has 2 aromatic heterocycles. The molecular formula is C19H18N4O5S. The first-order valence-corrected chi connectivity index (χ1v) is 10.4. The number of furan rings is 2. The van der Waals surface area contributed by atoms with Crippen molar-refractivity contribution in [2.45, 2.75) is 24.4 Å². The van der Waals surface area contributed by atoms with Crippen molar-refractivity contribution >= 4 is 35.3 Å². The van der Waals surface area contributed by atoms with Crippen molar-refractivity contribution in [1.29, 1.82) is 0 Å². The van der Waals surface area contributed by atoms with Crippen molar-refractivity contribution in [2.24, 2.45) is 5.10 Å². The standard InChI is InChI=1S/C19H18N4O5S/c24-16(10-22-17(25)19(20-18(22)26)5-8-29-11-19)23-13(15-4-2-7-28-15)9-12(21-23)14-3-1-6-27-14/h1-4,6-7,13H,5,8-11H2,(H,20,26). The fourth-order valence-corrected chi connectivity index (χ4v) is 5.22. The molecule has 29 heavy (non-hydrogen) atoms. The van der Waals surface area contributed by atoms with Gasteiger partial charge in [-0.25, -0.2) is 9.80 Å². The van der Waals surface area contributed by atoms with E-state index in [0.717, 1.165) is 10.7 Å². The van der Waals surface area contributed by atoms with E-state index in [2.05, 4.69) is 10.4 Å². The lowest BCUT2D eigenvalue weighted by atomic mass is 9.99. The highest BCUT2D eigenvalue weighted by Gasteiger charge is 2.53. The minimum absolute atomic E-state index is 0.343. The molecule has 9 nitrogen and oxygen atoms in total. The van der Waals surface area contributed by atoms with Gasteiger partial charge in [-0.15, -0.1) is 0 Å². The maximum absolute atomic E-state index is 13.1. The molecule has 1 spiro atoms. The Morgan fingerprint density at radius 2 is 2.10 bits per heavy atom. The van der Waals surface area contributed by atoms with E-state index in [4.69, 9.17) is 8.83 Å². The number of hydrogen-bond donors (Lipinski definition) is 1. The molecule has 2 unspecified atom stereocenters. The van der Waals surface area contributed by atoms with E-state index in [-0.39, 0.29) is 12.5 Å². The second-order valence-electron chi connectivity index (χ2n) is 7.20. The van der Waals surface area contributed by atoms with Gasteiger partial charge in [0.05, 0.1) is 12.5 Å². The molecule has 2 aromatic rings. The van der Waals surface area contributed by atoms with E-state index in [1.54, 1.807) is 36.0 Å². The third-order valence-electron chi connectivity index (χ3n) is 5.40. The van der Waals surface area contributed by atoms with Crippen LogP contribution in [0.3, 0.4) is 0 Å². The summed E-state index contributed by atoms with van der Waals surface area (Å²) in [6, 6.07) is 6.03. The fourth-order valence-electron chi connectivity index (χ4n) is 3.89. The summed E-state index contributed by atoms with van der Waals surface area (Å²) in [5.41, 5.74) is -0.277. The van der Waals surface area contributed by atoms with Gasteiger partial charge in [0.25, 0.3) is 11.8 Å². The zero-order chi connectivity index (χ0) is 20.0. The Balaban J connectivity index is 1.39. The second-order valence-corrected chi connectivity index (χ2v) is 8.31. The lowest BCUT2D eigenvalue weighted by Gasteiger charge is -2.23. The zero-order valence-electron chi connectivity index (χ0n) is 15.4. The SMILES string of the molecule is O=C1NC2(CCSC2)C(=O)N1CC(=O)N1N=C(c2ccco2)CC1c1ccco1. The molecule has 3 aliphatic heterocycles. The molecule has 10 heteroatoms. The molecular weight excluding hydrogens is 396 g/mol. The summed E-state index contributed by atoms with van der Waals surface area (Å²) in [5.74, 6) is 1.67. The van der Waals surface area contributed by atoms with Crippen LogP contribution in [0.25, 0.3) is 0 Å². The number of carbonyl (C=O) groups excluding carboxylic acids is 3. The number of hydrogen-bond acceptors (Lipinski definition) is 7. The number of thioether (sulfide) groups is 1. The first-order chi connectivity index (χ1) is 14.1.